The van der Waals surface area contributed by atoms with Crippen molar-refractivity contribution in [3.8, 4) is 5.75 Å². The highest BCUT2D eigenvalue weighted by molar-refractivity contribution is 5.96. The molecule has 0 N–H and O–H groups in total. The van der Waals surface area contributed by atoms with Gasteiger partial charge in [0, 0.05) is 50.7 Å². The Kier molecular flexibility index (Phi) is 5.30. The maximum atomic E-state index is 12.8. The van der Waals surface area contributed by atoms with E-state index in [1.54, 1.807) is 31.4 Å². The van der Waals surface area contributed by atoms with Crippen LogP contribution in [0.2, 0.25) is 0 Å². The number of carbonyl (C=O) groups is 2. The fraction of sp³-hybridized carbons (Fsp3) is 0.400. The lowest BCUT2D eigenvalue weighted by Crippen LogP contribution is -2.37. The lowest BCUT2D eigenvalue weighted by molar-refractivity contribution is 0.0718. The Labute approximate surface area is 154 Å². The molecule has 1 saturated heterocycles. The Morgan fingerprint density at radius 3 is 2.08 bits per heavy atom. The van der Waals surface area contributed by atoms with Crippen molar-refractivity contribution in [2.24, 2.45) is 7.05 Å². The monoisotopic (exact) mass is 355 g/mol. The molecular weight excluding hydrogens is 330 g/mol. The van der Waals surface area contributed by atoms with Gasteiger partial charge in [-0.2, -0.15) is 0 Å². The van der Waals surface area contributed by atoms with Crippen LogP contribution in [0.25, 0.3) is 0 Å². The molecule has 1 aromatic carbocycles. The molecule has 1 fully saturated rings. The summed E-state index contributed by atoms with van der Waals surface area (Å²) >= 11 is 0. The van der Waals surface area contributed by atoms with E-state index in [0.29, 0.717) is 31.7 Å². The number of carbonyl (C=O) groups excluding carboxylic acids is 2. The Hall–Kier alpha value is -2.76. The number of hydrogen-bond donors (Lipinski definition) is 0. The number of benzene rings is 1. The number of aromatic nitrogens is 1. The van der Waals surface area contributed by atoms with Gasteiger partial charge in [0.15, 0.2) is 0 Å². The zero-order valence-corrected chi connectivity index (χ0v) is 15.6. The zero-order chi connectivity index (χ0) is 18.7. The average Bonchev–Trinajstić information content (AvgIpc) is 2.87. The molecule has 1 aliphatic rings. The van der Waals surface area contributed by atoms with Crippen LogP contribution in [-0.4, -0.2) is 59.5 Å². The molecule has 0 saturated carbocycles. The summed E-state index contributed by atoms with van der Waals surface area (Å²) in [6.07, 6.45) is 2.68. The van der Waals surface area contributed by atoms with E-state index < -0.39 is 0 Å². The predicted octanol–water partition coefficient (Wildman–Crippen LogP) is 2.33. The van der Waals surface area contributed by atoms with Crippen molar-refractivity contribution in [3.63, 3.8) is 0 Å². The molecule has 0 aliphatic carbocycles. The van der Waals surface area contributed by atoms with E-state index in [-0.39, 0.29) is 11.8 Å². The first-order chi connectivity index (χ1) is 12.5. The highest BCUT2D eigenvalue weighted by atomic mass is 16.5. The van der Waals surface area contributed by atoms with E-state index in [9.17, 15) is 9.59 Å². The number of methoxy groups -OCH3 is 1. The second kappa shape index (κ2) is 7.64. The summed E-state index contributed by atoms with van der Waals surface area (Å²) in [7, 11) is 3.54. The van der Waals surface area contributed by atoms with Crippen molar-refractivity contribution < 1.29 is 14.3 Å². The van der Waals surface area contributed by atoms with Crippen LogP contribution < -0.4 is 4.74 Å². The molecule has 6 nitrogen and oxygen atoms in total. The van der Waals surface area contributed by atoms with Crippen LogP contribution in [0.15, 0.2) is 36.5 Å². The summed E-state index contributed by atoms with van der Waals surface area (Å²) in [4.78, 5) is 29.2. The largest absolute Gasteiger partial charge is 0.497 e. The van der Waals surface area contributed by atoms with Gasteiger partial charge in [0.25, 0.3) is 11.8 Å². The summed E-state index contributed by atoms with van der Waals surface area (Å²) in [6.45, 7) is 4.37. The number of ether oxygens (including phenoxy) is 1. The highest BCUT2D eigenvalue weighted by Gasteiger charge is 2.24. The van der Waals surface area contributed by atoms with Crippen LogP contribution in [0.4, 0.5) is 0 Å². The fourth-order valence-electron chi connectivity index (χ4n) is 3.24. The van der Waals surface area contributed by atoms with Crippen LogP contribution in [0.1, 0.15) is 32.8 Å². The Morgan fingerprint density at radius 1 is 0.923 bits per heavy atom. The van der Waals surface area contributed by atoms with Crippen LogP contribution in [0.3, 0.4) is 0 Å². The number of aryl methyl sites for hydroxylation is 1. The van der Waals surface area contributed by atoms with Gasteiger partial charge in [-0.15, -0.1) is 0 Å². The summed E-state index contributed by atoms with van der Waals surface area (Å²) in [5, 5.41) is 0. The zero-order valence-electron chi connectivity index (χ0n) is 15.6. The molecule has 0 unspecified atom stereocenters. The van der Waals surface area contributed by atoms with E-state index in [1.807, 2.05) is 40.6 Å². The standard InChI is InChI=1S/C20H25N3O3/c1-15-18(9-12-21(15)2)20(25)23-11-4-10-22(13-14-23)19(24)16-5-7-17(26-3)8-6-16/h5-9,12H,4,10-11,13-14H2,1-3H3. The second-order valence-electron chi connectivity index (χ2n) is 6.59. The SMILES string of the molecule is COc1ccc(C(=O)N2CCCN(C(=O)c3ccn(C)c3C)CC2)cc1. The van der Waals surface area contributed by atoms with Crippen LogP contribution in [0, 0.1) is 6.92 Å². The van der Waals surface area contributed by atoms with Crippen LogP contribution in [0.5, 0.6) is 5.75 Å². The smallest absolute Gasteiger partial charge is 0.255 e. The Balaban J connectivity index is 1.66. The third-order valence-corrected chi connectivity index (χ3v) is 5.02. The lowest BCUT2D eigenvalue weighted by Gasteiger charge is -2.22. The molecule has 0 radical (unpaired) electrons. The molecule has 26 heavy (non-hydrogen) atoms. The number of nitrogens with zero attached hydrogens (tertiary/aromatic N) is 3. The Morgan fingerprint density at radius 2 is 1.54 bits per heavy atom. The molecule has 0 atom stereocenters. The van der Waals surface area contributed by atoms with Crippen molar-refractivity contribution in [1.82, 2.24) is 14.4 Å². The topological polar surface area (TPSA) is 54.8 Å². The first kappa shape index (κ1) is 18.0. The molecule has 3 rings (SSSR count). The minimum absolute atomic E-state index is 0.00200. The van der Waals surface area contributed by atoms with Gasteiger partial charge in [-0.25, -0.2) is 0 Å². The van der Waals surface area contributed by atoms with Gasteiger partial charge in [-0.05, 0) is 43.7 Å². The molecule has 1 aliphatic heterocycles. The third kappa shape index (κ3) is 3.59. The lowest BCUT2D eigenvalue weighted by atomic mass is 10.2. The number of amides is 2. The maximum Gasteiger partial charge on any atom is 0.255 e. The van der Waals surface area contributed by atoms with Gasteiger partial charge in [-0.1, -0.05) is 0 Å². The molecule has 2 aromatic rings. The summed E-state index contributed by atoms with van der Waals surface area (Å²) in [6, 6.07) is 9.01. The van der Waals surface area contributed by atoms with E-state index >= 15 is 0 Å². The van der Waals surface area contributed by atoms with E-state index in [1.165, 1.54) is 0 Å². The van der Waals surface area contributed by atoms with Gasteiger partial charge in [0.1, 0.15) is 5.75 Å². The van der Waals surface area contributed by atoms with Crippen molar-refractivity contribution in [2.45, 2.75) is 13.3 Å². The van der Waals surface area contributed by atoms with Crippen molar-refractivity contribution >= 4 is 11.8 Å². The molecule has 0 bridgehead atoms. The molecule has 2 heterocycles. The minimum Gasteiger partial charge on any atom is -0.497 e. The average molecular weight is 355 g/mol. The molecule has 2 amide bonds. The number of rotatable bonds is 3. The van der Waals surface area contributed by atoms with Crippen molar-refractivity contribution in [2.75, 3.05) is 33.3 Å². The summed E-state index contributed by atoms with van der Waals surface area (Å²) in [5.74, 6) is 0.770. The van der Waals surface area contributed by atoms with Crippen molar-refractivity contribution in [1.29, 1.82) is 0 Å². The van der Waals surface area contributed by atoms with E-state index in [0.717, 1.165) is 23.4 Å². The molecule has 138 valence electrons. The van der Waals surface area contributed by atoms with Gasteiger partial charge in [0.2, 0.25) is 0 Å². The fourth-order valence-corrected chi connectivity index (χ4v) is 3.24. The minimum atomic E-state index is -0.00200. The summed E-state index contributed by atoms with van der Waals surface area (Å²) in [5.41, 5.74) is 2.34. The van der Waals surface area contributed by atoms with Crippen LogP contribution >= 0.6 is 0 Å². The summed E-state index contributed by atoms with van der Waals surface area (Å²) < 4.78 is 7.09. The van der Waals surface area contributed by atoms with Gasteiger partial charge < -0.3 is 19.1 Å². The maximum absolute atomic E-state index is 12.8. The van der Waals surface area contributed by atoms with Crippen LogP contribution in [-0.2, 0) is 7.05 Å². The van der Waals surface area contributed by atoms with Gasteiger partial charge in [0.05, 0.1) is 12.7 Å². The molecule has 1 aromatic heterocycles. The normalized spacial score (nSPS) is 14.9. The predicted molar refractivity (Wildman–Crippen MR) is 99.6 cm³/mol. The first-order valence-electron chi connectivity index (χ1n) is 8.86. The van der Waals surface area contributed by atoms with E-state index in [4.69, 9.17) is 4.74 Å². The molecule has 6 heteroatoms. The Bertz CT molecular complexity index is 795. The van der Waals surface area contributed by atoms with Gasteiger partial charge in [-0.3, -0.25) is 9.59 Å². The van der Waals surface area contributed by atoms with Crippen molar-refractivity contribution in [3.05, 3.63) is 53.3 Å². The molecular formula is C20H25N3O3. The first-order valence-corrected chi connectivity index (χ1v) is 8.86. The highest BCUT2D eigenvalue weighted by Crippen LogP contribution is 2.16. The quantitative estimate of drug-likeness (QED) is 0.849. The third-order valence-electron chi connectivity index (χ3n) is 5.02. The van der Waals surface area contributed by atoms with Gasteiger partial charge >= 0.3 is 0 Å². The van der Waals surface area contributed by atoms with E-state index in [2.05, 4.69) is 0 Å². The second-order valence-corrected chi connectivity index (χ2v) is 6.59. The number of hydrogen-bond acceptors (Lipinski definition) is 3. The molecule has 0 spiro atoms.